The number of piperazine rings is 1. The molecule has 1 aliphatic heterocycles. The summed E-state index contributed by atoms with van der Waals surface area (Å²) in [5.41, 5.74) is 0. The Balaban J connectivity index is 2.68. The first-order chi connectivity index (χ1) is 6.56. The number of rotatable bonds is 3. The van der Waals surface area contributed by atoms with E-state index in [4.69, 9.17) is 5.11 Å². The molecule has 0 bridgehead atoms. The Morgan fingerprint density at radius 3 is 2.79 bits per heavy atom. The molecule has 0 aromatic rings. The van der Waals surface area contributed by atoms with Crippen molar-refractivity contribution in [3.8, 4) is 0 Å². The van der Waals surface area contributed by atoms with E-state index in [1.807, 2.05) is 0 Å². The smallest absolute Gasteiger partial charge is 0.239 e. The van der Waals surface area contributed by atoms with E-state index in [-0.39, 0.29) is 18.6 Å². The zero-order valence-corrected chi connectivity index (χ0v) is 9.16. The molecule has 0 aromatic carbocycles. The van der Waals surface area contributed by atoms with Gasteiger partial charge in [0.05, 0.1) is 6.61 Å². The Labute approximate surface area is 85.3 Å². The Kier molecular flexibility index (Phi) is 3.89. The molecule has 1 aliphatic rings. The van der Waals surface area contributed by atoms with Crippen LogP contribution >= 0.6 is 0 Å². The molecule has 2 unspecified atom stereocenters. The molecule has 0 aliphatic carbocycles. The van der Waals surface area contributed by atoms with Gasteiger partial charge in [-0.3, -0.25) is 9.69 Å². The highest BCUT2D eigenvalue weighted by molar-refractivity contribution is 5.82. The molecule has 2 N–H and O–H groups in total. The van der Waals surface area contributed by atoms with Gasteiger partial charge in [-0.1, -0.05) is 13.8 Å². The third-order valence-corrected chi connectivity index (χ3v) is 2.59. The molecular formula is C10H20N2O2. The zero-order valence-electron chi connectivity index (χ0n) is 9.16. The van der Waals surface area contributed by atoms with Crippen LogP contribution in [0.1, 0.15) is 20.8 Å². The summed E-state index contributed by atoms with van der Waals surface area (Å²) < 4.78 is 0. The van der Waals surface area contributed by atoms with Crippen LogP contribution in [0.4, 0.5) is 0 Å². The molecule has 14 heavy (non-hydrogen) atoms. The number of hydrogen-bond acceptors (Lipinski definition) is 3. The molecule has 0 aromatic heterocycles. The maximum atomic E-state index is 11.5. The van der Waals surface area contributed by atoms with Crippen molar-refractivity contribution in [2.45, 2.75) is 32.9 Å². The molecule has 4 nitrogen and oxygen atoms in total. The second kappa shape index (κ2) is 4.75. The van der Waals surface area contributed by atoms with Gasteiger partial charge < -0.3 is 10.4 Å². The largest absolute Gasteiger partial charge is 0.394 e. The summed E-state index contributed by atoms with van der Waals surface area (Å²) in [5, 5.41) is 12.0. The first-order valence-electron chi connectivity index (χ1n) is 5.20. The molecule has 0 spiro atoms. The Bertz CT molecular complexity index is 206. The van der Waals surface area contributed by atoms with E-state index in [1.165, 1.54) is 0 Å². The Morgan fingerprint density at radius 1 is 1.64 bits per heavy atom. The molecule has 1 fully saturated rings. The molecule has 1 saturated heterocycles. The van der Waals surface area contributed by atoms with Crippen molar-refractivity contribution in [3.05, 3.63) is 0 Å². The van der Waals surface area contributed by atoms with Gasteiger partial charge in [-0.25, -0.2) is 0 Å². The summed E-state index contributed by atoms with van der Waals surface area (Å²) in [5.74, 6) is 0.462. The fourth-order valence-corrected chi connectivity index (χ4v) is 1.86. The molecule has 82 valence electrons. The maximum absolute atomic E-state index is 11.5. The second-order valence-corrected chi connectivity index (χ2v) is 4.38. The number of carbonyl (C=O) groups is 1. The first-order valence-corrected chi connectivity index (χ1v) is 5.20. The summed E-state index contributed by atoms with van der Waals surface area (Å²) in [6.07, 6.45) is 0. The van der Waals surface area contributed by atoms with Crippen LogP contribution in [0.25, 0.3) is 0 Å². The van der Waals surface area contributed by atoms with Crippen molar-refractivity contribution in [1.82, 2.24) is 10.2 Å². The van der Waals surface area contributed by atoms with Crippen molar-refractivity contribution in [2.24, 2.45) is 5.92 Å². The summed E-state index contributed by atoms with van der Waals surface area (Å²) in [6.45, 7) is 7.76. The number of nitrogens with zero attached hydrogens (tertiary/aromatic N) is 1. The van der Waals surface area contributed by atoms with Gasteiger partial charge in [-0.2, -0.15) is 0 Å². The third-order valence-electron chi connectivity index (χ3n) is 2.59. The summed E-state index contributed by atoms with van der Waals surface area (Å²) in [6, 6.07) is -0.0478. The fourth-order valence-electron chi connectivity index (χ4n) is 1.86. The molecule has 0 radical (unpaired) electrons. The van der Waals surface area contributed by atoms with E-state index in [1.54, 1.807) is 0 Å². The van der Waals surface area contributed by atoms with E-state index in [0.717, 1.165) is 6.54 Å². The van der Waals surface area contributed by atoms with E-state index in [9.17, 15) is 4.79 Å². The second-order valence-electron chi connectivity index (χ2n) is 4.38. The van der Waals surface area contributed by atoms with Crippen LogP contribution in [0, 0.1) is 5.92 Å². The molecule has 4 heteroatoms. The predicted octanol–water partition coefficient (Wildman–Crippen LogP) is -0.176. The molecule has 1 amide bonds. The highest BCUT2D eigenvalue weighted by Crippen LogP contribution is 2.13. The monoisotopic (exact) mass is 200 g/mol. The van der Waals surface area contributed by atoms with Crippen LogP contribution in [-0.2, 0) is 4.79 Å². The molecule has 1 rings (SSSR count). The van der Waals surface area contributed by atoms with Crippen molar-refractivity contribution in [1.29, 1.82) is 0 Å². The number of aliphatic hydroxyl groups excluding tert-OH is 1. The van der Waals surface area contributed by atoms with Crippen LogP contribution in [0.3, 0.4) is 0 Å². The number of hydrogen-bond donors (Lipinski definition) is 2. The van der Waals surface area contributed by atoms with Crippen LogP contribution in [0.5, 0.6) is 0 Å². The van der Waals surface area contributed by atoms with Gasteiger partial charge in [0.1, 0.15) is 6.04 Å². The predicted molar refractivity (Wildman–Crippen MR) is 54.9 cm³/mol. The van der Waals surface area contributed by atoms with Gasteiger partial charge in [-0.15, -0.1) is 0 Å². The average molecular weight is 200 g/mol. The van der Waals surface area contributed by atoms with Crippen LogP contribution in [-0.4, -0.2) is 47.7 Å². The quantitative estimate of drug-likeness (QED) is 0.664. The van der Waals surface area contributed by atoms with Crippen LogP contribution < -0.4 is 5.32 Å². The minimum absolute atomic E-state index is 0.0498. The topological polar surface area (TPSA) is 52.6 Å². The minimum Gasteiger partial charge on any atom is -0.394 e. The molecule has 0 saturated carbocycles. The van der Waals surface area contributed by atoms with Crippen LogP contribution in [0.2, 0.25) is 0 Å². The van der Waals surface area contributed by atoms with E-state index in [2.05, 4.69) is 31.0 Å². The van der Waals surface area contributed by atoms with Gasteiger partial charge in [-0.05, 0) is 12.8 Å². The van der Waals surface area contributed by atoms with Gasteiger partial charge in [0.2, 0.25) is 5.91 Å². The van der Waals surface area contributed by atoms with Crippen molar-refractivity contribution >= 4 is 5.91 Å². The minimum atomic E-state index is -0.360. The zero-order chi connectivity index (χ0) is 10.7. The number of amides is 1. The maximum Gasteiger partial charge on any atom is 0.239 e. The van der Waals surface area contributed by atoms with E-state index < -0.39 is 0 Å². The lowest BCUT2D eigenvalue weighted by atomic mass is 10.1. The van der Waals surface area contributed by atoms with Crippen LogP contribution in [0.15, 0.2) is 0 Å². The standard InChI is InChI=1S/C10H20N2O2/c1-7(2)5-12-8(3)4-11-10(14)9(12)6-13/h7-9,13H,4-6H2,1-3H3,(H,11,14). The summed E-state index contributed by atoms with van der Waals surface area (Å²) in [4.78, 5) is 13.5. The van der Waals surface area contributed by atoms with E-state index in [0.29, 0.717) is 18.5 Å². The average Bonchev–Trinajstić information content (AvgIpc) is 2.11. The number of aliphatic hydroxyl groups is 1. The lowest BCUT2D eigenvalue weighted by Gasteiger charge is -2.40. The lowest BCUT2D eigenvalue weighted by Crippen LogP contribution is -2.61. The SMILES string of the molecule is CC(C)CN1C(C)CNC(=O)C1CO. The summed E-state index contributed by atoms with van der Waals surface area (Å²) >= 11 is 0. The number of nitrogens with one attached hydrogen (secondary N) is 1. The highest BCUT2D eigenvalue weighted by atomic mass is 16.3. The van der Waals surface area contributed by atoms with Crippen molar-refractivity contribution in [2.75, 3.05) is 19.7 Å². The molecule has 2 atom stereocenters. The number of carbonyl (C=O) groups excluding carboxylic acids is 1. The normalized spacial score (nSPS) is 29.4. The lowest BCUT2D eigenvalue weighted by molar-refractivity contribution is -0.133. The van der Waals surface area contributed by atoms with Crippen molar-refractivity contribution in [3.63, 3.8) is 0 Å². The Morgan fingerprint density at radius 2 is 2.29 bits per heavy atom. The van der Waals surface area contributed by atoms with Gasteiger partial charge in [0.15, 0.2) is 0 Å². The Hall–Kier alpha value is -0.610. The fraction of sp³-hybridized carbons (Fsp3) is 0.900. The first kappa shape index (κ1) is 11.5. The highest BCUT2D eigenvalue weighted by Gasteiger charge is 2.33. The summed E-state index contributed by atoms with van der Waals surface area (Å²) in [7, 11) is 0. The van der Waals surface area contributed by atoms with Gasteiger partial charge >= 0.3 is 0 Å². The van der Waals surface area contributed by atoms with Crippen molar-refractivity contribution < 1.29 is 9.90 Å². The molecule has 1 heterocycles. The third kappa shape index (κ3) is 2.45. The van der Waals surface area contributed by atoms with E-state index >= 15 is 0 Å². The van der Waals surface area contributed by atoms with Gasteiger partial charge in [0, 0.05) is 19.1 Å². The molecular weight excluding hydrogens is 180 g/mol. The van der Waals surface area contributed by atoms with Gasteiger partial charge in [0.25, 0.3) is 0 Å².